The first-order valence-electron chi connectivity index (χ1n) is 6.92. The molecule has 1 aromatic carbocycles. The van der Waals surface area contributed by atoms with E-state index in [4.69, 9.17) is 4.18 Å². The van der Waals surface area contributed by atoms with Gasteiger partial charge in [-0.15, -0.1) is 0 Å². The summed E-state index contributed by atoms with van der Waals surface area (Å²) in [5, 5.41) is 0. The third kappa shape index (κ3) is 5.74. The Balaban J connectivity index is 2.37. The van der Waals surface area contributed by atoms with Crippen LogP contribution < -0.4 is 0 Å². The predicted octanol–water partition coefficient (Wildman–Crippen LogP) is 3.92. The van der Waals surface area contributed by atoms with Gasteiger partial charge < -0.3 is 0 Å². The second-order valence-electron chi connectivity index (χ2n) is 5.10. The van der Waals surface area contributed by atoms with E-state index < -0.39 is 10.1 Å². The molecule has 1 atom stereocenters. The maximum Gasteiger partial charge on any atom is 0.296 e. The van der Waals surface area contributed by atoms with Crippen molar-refractivity contribution >= 4 is 10.1 Å². The van der Waals surface area contributed by atoms with E-state index >= 15 is 0 Å². The number of hydrogen-bond acceptors (Lipinski definition) is 3. The van der Waals surface area contributed by atoms with Gasteiger partial charge >= 0.3 is 0 Å². The summed E-state index contributed by atoms with van der Waals surface area (Å²) in [5.74, 6) is 0.703. The van der Waals surface area contributed by atoms with Crippen LogP contribution in [0, 0.1) is 12.8 Å². The molecule has 0 N–H and O–H groups in total. The Hall–Kier alpha value is -0.870. The minimum atomic E-state index is -3.58. The summed E-state index contributed by atoms with van der Waals surface area (Å²) in [6.45, 7) is 6.58. The molecule has 0 bridgehead atoms. The van der Waals surface area contributed by atoms with Gasteiger partial charge in [0.1, 0.15) is 0 Å². The lowest BCUT2D eigenvalue weighted by atomic mass is 10.0. The lowest BCUT2D eigenvalue weighted by Crippen LogP contribution is -2.08. The van der Waals surface area contributed by atoms with Gasteiger partial charge in [0.05, 0.1) is 11.5 Å². The van der Waals surface area contributed by atoms with E-state index in [-0.39, 0.29) is 11.5 Å². The van der Waals surface area contributed by atoms with E-state index in [0.717, 1.165) is 24.8 Å². The molecule has 0 amide bonds. The highest BCUT2D eigenvalue weighted by atomic mass is 32.2. The lowest BCUT2D eigenvalue weighted by molar-refractivity contribution is 0.302. The highest BCUT2D eigenvalue weighted by molar-refractivity contribution is 7.86. The maximum atomic E-state index is 11.9. The van der Waals surface area contributed by atoms with Gasteiger partial charge in [-0.1, -0.05) is 50.8 Å². The van der Waals surface area contributed by atoms with Crippen LogP contribution in [0.25, 0.3) is 0 Å². The molecule has 0 fully saturated rings. The van der Waals surface area contributed by atoms with Crippen LogP contribution >= 0.6 is 0 Å². The Bertz CT molecular complexity index is 463. The first kappa shape index (κ1) is 16.2. The van der Waals surface area contributed by atoms with Gasteiger partial charge in [0.25, 0.3) is 10.1 Å². The number of hydrogen-bond donors (Lipinski definition) is 0. The van der Waals surface area contributed by atoms with Crippen LogP contribution in [0.3, 0.4) is 0 Å². The summed E-state index contributed by atoms with van der Waals surface area (Å²) < 4.78 is 28.8. The van der Waals surface area contributed by atoms with E-state index in [0.29, 0.717) is 5.92 Å². The number of benzene rings is 1. The highest BCUT2D eigenvalue weighted by Gasteiger charge is 2.14. The molecular weight excluding hydrogens is 260 g/mol. The van der Waals surface area contributed by atoms with Gasteiger partial charge in [0.2, 0.25) is 0 Å². The smallest absolute Gasteiger partial charge is 0.266 e. The zero-order chi connectivity index (χ0) is 14.3. The van der Waals surface area contributed by atoms with Crippen molar-refractivity contribution in [1.29, 1.82) is 0 Å². The molecule has 3 nitrogen and oxygen atoms in total. The van der Waals surface area contributed by atoms with Gasteiger partial charge in [-0.05, 0) is 31.4 Å². The molecule has 1 aromatic rings. The summed E-state index contributed by atoms with van der Waals surface area (Å²) in [6.07, 6.45) is 4.10. The standard InChI is InChI=1S/C15H24O3S/c1-4-13(2)7-5-6-12-18-19(16,17)15-10-8-14(3)9-11-15/h8-11,13H,4-7,12H2,1-3H3/t13-/m0/s1. The number of aryl methyl sites for hydroxylation is 1. The Morgan fingerprint density at radius 3 is 2.37 bits per heavy atom. The zero-order valence-electron chi connectivity index (χ0n) is 12.1. The average molecular weight is 284 g/mol. The summed E-state index contributed by atoms with van der Waals surface area (Å²) in [6, 6.07) is 6.73. The van der Waals surface area contributed by atoms with Crippen molar-refractivity contribution in [3.63, 3.8) is 0 Å². The molecule has 0 spiro atoms. The summed E-state index contributed by atoms with van der Waals surface area (Å²) in [7, 11) is -3.58. The minimum absolute atomic E-state index is 0.236. The zero-order valence-corrected chi connectivity index (χ0v) is 12.9. The van der Waals surface area contributed by atoms with Crippen LogP contribution in [0.2, 0.25) is 0 Å². The van der Waals surface area contributed by atoms with Crippen LogP contribution in [-0.4, -0.2) is 15.0 Å². The molecule has 0 radical (unpaired) electrons. The molecule has 0 heterocycles. The van der Waals surface area contributed by atoms with Gasteiger partial charge in [0, 0.05) is 0 Å². The highest BCUT2D eigenvalue weighted by Crippen LogP contribution is 2.15. The molecule has 4 heteroatoms. The van der Waals surface area contributed by atoms with Crippen LogP contribution in [0.15, 0.2) is 29.2 Å². The van der Waals surface area contributed by atoms with E-state index in [1.54, 1.807) is 24.3 Å². The minimum Gasteiger partial charge on any atom is -0.266 e. The van der Waals surface area contributed by atoms with Crippen LogP contribution in [-0.2, 0) is 14.3 Å². The van der Waals surface area contributed by atoms with Crippen molar-refractivity contribution in [2.45, 2.75) is 51.3 Å². The van der Waals surface area contributed by atoms with Crippen LogP contribution in [0.5, 0.6) is 0 Å². The molecule has 0 unspecified atom stereocenters. The topological polar surface area (TPSA) is 43.4 Å². The average Bonchev–Trinajstić information content (AvgIpc) is 2.38. The van der Waals surface area contributed by atoms with Crippen molar-refractivity contribution in [2.24, 2.45) is 5.92 Å². The van der Waals surface area contributed by atoms with Crippen molar-refractivity contribution in [3.8, 4) is 0 Å². The lowest BCUT2D eigenvalue weighted by Gasteiger charge is -2.08. The van der Waals surface area contributed by atoms with Gasteiger partial charge in [0.15, 0.2) is 0 Å². The molecule has 0 saturated carbocycles. The third-order valence-electron chi connectivity index (χ3n) is 3.34. The van der Waals surface area contributed by atoms with Gasteiger partial charge in [-0.2, -0.15) is 8.42 Å². The van der Waals surface area contributed by atoms with E-state index in [9.17, 15) is 8.42 Å². The molecule has 0 aliphatic heterocycles. The third-order valence-corrected chi connectivity index (χ3v) is 4.66. The normalized spacial score (nSPS) is 13.4. The largest absolute Gasteiger partial charge is 0.296 e. The van der Waals surface area contributed by atoms with E-state index in [1.165, 1.54) is 6.42 Å². The van der Waals surface area contributed by atoms with Crippen molar-refractivity contribution in [3.05, 3.63) is 29.8 Å². The molecular formula is C15H24O3S. The number of unbranched alkanes of at least 4 members (excludes halogenated alkanes) is 1. The van der Waals surface area contributed by atoms with E-state index in [1.807, 2.05) is 6.92 Å². The summed E-state index contributed by atoms with van der Waals surface area (Å²) in [4.78, 5) is 0.236. The van der Waals surface area contributed by atoms with Gasteiger partial charge in [-0.25, -0.2) is 0 Å². The fourth-order valence-electron chi connectivity index (χ4n) is 1.74. The van der Waals surface area contributed by atoms with Crippen molar-refractivity contribution in [1.82, 2.24) is 0 Å². The molecule has 19 heavy (non-hydrogen) atoms. The van der Waals surface area contributed by atoms with Crippen LogP contribution in [0.4, 0.5) is 0 Å². The fourth-order valence-corrected chi connectivity index (χ4v) is 2.68. The Morgan fingerprint density at radius 1 is 1.16 bits per heavy atom. The van der Waals surface area contributed by atoms with E-state index in [2.05, 4.69) is 13.8 Å². The van der Waals surface area contributed by atoms with Gasteiger partial charge in [-0.3, -0.25) is 4.18 Å². The summed E-state index contributed by atoms with van der Waals surface area (Å²) >= 11 is 0. The maximum absolute atomic E-state index is 11.9. The van der Waals surface area contributed by atoms with Crippen molar-refractivity contribution < 1.29 is 12.6 Å². The number of rotatable bonds is 8. The molecule has 0 aromatic heterocycles. The Kier molecular flexibility index (Phi) is 6.52. The summed E-state index contributed by atoms with van der Waals surface area (Å²) in [5.41, 5.74) is 1.03. The second kappa shape index (κ2) is 7.65. The molecule has 108 valence electrons. The first-order chi connectivity index (χ1) is 8.95. The fraction of sp³-hybridized carbons (Fsp3) is 0.600. The second-order valence-corrected chi connectivity index (χ2v) is 6.71. The quantitative estimate of drug-likeness (QED) is 0.537. The predicted molar refractivity (Wildman–Crippen MR) is 77.6 cm³/mol. The SMILES string of the molecule is CC[C@H](C)CCCCOS(=O)(=O)c1ccc(C)cc1. The van der Waals surface area contributed by atoms with Crippen LogP contribution in [0.1, 0.15) is 45.1 Å². The Morgan fingerprint density at radius 2 is 1.79 bits per heavy atom. The monoisotopic (exact) mass is 284 g/mol. The Labute approximate surface area is 117 Å². The molecule has 0 aliphatic carbocycles. The molecule has 1 rings (SSSR count). The first-order valence-corrected chi connectivity index (χ1v) is 8.32. The molecule has 0 aliphatic rings. The van der Waals surface area contributed by atoms with Crippen molar-refractivity contribution in [2.75, 3.05) is 6.61 Å². The molecule has 0 saturated heterocycles.